The number of carbonyl (C=O) groups is 2. The van der Waals surface area contributed by atoms with Crippen molar-refractivity contribution in [3.8, 4) is 0 Å². The van der Waals surface area contributed by atoms with Crippen molar-refractivity contribution in [3.63, 3.8) is 0 Å². The van der Waals surface area contributed by atoms with E-state index in [0.29, 0.717) is 54.1 Å². The predicted octanol–water partition coefficient (Wildman–Crippen LogP) is 2.43. The summed E-state index contributed by atoms with van der Waals surface area (Å²) in [5.41, 5.74) is 1.72. The molecule has 0 spiro atoms. The van der Waals surface area contributed by atoms with Crippen LogP contribution in [0.1, 0.15) is 53.0 Å². The Morgan fingerprint density at radius 1 is 0.879 bits per heavy atom. The molecule has 2 aromatic carbocycles. The second-order valence-electron chi connectivity index (χ2n) is 8.60. The number of H-pyrrole nitrogens is 1. The number of piperazine rings is 1. The molecule has 0 bridgehead atoms. The fraction of sp³-hybridized carbons (Fsp3) is 0.360. The molecule has 172 valence electrons. The van der Waals surface area contributed by atoms with E-state index in [-0.39, 0.29) is 23.9 Å². The first-order valence-corrected chi connectivity index (χ1v) is 11.3. The maximum atomic E-state index is 13.0. The number of hydrogen-bond donors (Lipinski definition) is 1. The highest BCUT2D eigenvalue weighted by molar-refractivity contribution is 5.98. The van der Waals surface area contributed by atoms with Crippen molar-refractivity contribution >= 4 is 22.7 Å². The van der Waals surface area contributed by atoms with Crippen LogP contribution in [0.4, 0.5) is 0 Å². The summed E-state index contributed by atoms with van der Waals surface area (Å²) >= 11 is 0. The predicted molar refractivity (Wildman–Crippen MR) is 127 cm³/mol. The third-order valence-electron chi connectivity index (χ3n) is 6.22. The van der Waals surface area contributed by atoms with Crippen LogP contribution in [0.2, 0.25) is 0 Å². The van der Waals surface area contributed by atoms with Crippen LogP contribution >= 0.6 is 0 Å². The Morgan fingerprint density at radius 2 is 1.42 bits per heavy atom. The van der Waals surface area contributed by atoms with Crippen LogP contribution < -0.4 is 11.2 Å². The SMILES string of the molecule is CCn1c(=O)[nH]c2cc(C(=O)N3CCN(C(=O)c4ccc(C(C)C)cc4)CC3)ccc2c1=O. The van der Waals surface area contributed by atoms with E-state index >= 15 is 0 Å². The van der Waals surface area contributed by atoms with Crippen LogP contribution in [0, 0.1) is 0 Å². The lowest BCUT2D eigenvalue weighted by Crippen LogP contribution is -2.50. The van der Waals surface area contributed by atoms with Gasteiger partial charge in [0.1, 0.15) is 0 Å². The van der Waals surface area contributed by atoms with Gasteiger partial charge < -0.3 is 14.8 Å². The number of hydrogen-bond acceptors (Lipinski definition) is 4. The zero-order chi connectivity index (χ0) is 23.7. The largest absolute Gasteiger partial charge is 0.335 e. The Kier molecular flexibility index (Phi) is 6.18. The summed E-state index contributed by atoms with van der Waals surface area (Å²) in [5, 5.41) is 0.368. The van der Waals surface area contributed by atoms with E-state index in [0.717, 1.165) is 4.57 Å². The number of fused-ring (bicyclic) bond motifs is 1. The fourth-order valence-corrected chi connectivity index (χ4v) is 4.16. The Balaban J connectivity index is 1.46. The lowest BCUT2D eigenvalue weighted by molar-refractivity contribution is 0.0535. The van der Waals surface area contributed by atoms with Gasteiger partial charge in [-0.05, 0) is 48.7 Å². The summed E-state index contributed by atoms with van der Waals surface area (Å²) in [6, 6.07) is 12.4. The summed E-state index contributed by atoms with van der Waals surface area (Å²) in [6.45, 7) is 7.95. The van der Waals surface area contributed by atoms with Crippen LogP contribution in [0.5, 0.6) is 0 Å². The molecule has 1 N–H and O–H groups in total. The van der Waals surface area contributed by atoms with Gasteiger partial charge in [-0.3, -0.25) is 19.0 Å². The van der Waals surface area contributed by atoms with Gasteiger partial charge in [0.25, 0.3) is 17.4 Å². The maximum Gasteiger partial charge on any atom is 0.328 e. The Labute approximate surface area is 191 Å². The van der Waals surface area contributed by atoms with Crippen molar-refractivity contribution in [1.82, 2.24) is 19.4 Å². The van der Waals surface area contributed by atoms with Crippen molar-refractivity contribution in [1.29, 1.82) is 0 Å². The summed E-state index contributed by atoms with van der Waals surface area (Å²) < 4.78 is 1.12. The number of amides is 2. The molecule has 1 aliphatic rings. The molecule has 1 saturated heterocycles. The van der Waals surface area contributed by atoms with Gasteiger partial charge in [0.15, 0.2) is 0 Å². The van der Waals surface area contributed by atoms with Gasteiger partial charge >= 0.3 is 5.69 Å². The van der Waals surface area contributed by atoms with E-state index in [2.05, 4.69) is 18.8 Å². The molecule has 0 radical (unpaired) electrons. The van der Waals surface area contributed by atoms with E-state index in [1.54, 1.807) is 34.9 Å². The minimum absolute atomic E-state index is 0.0344. The topological polar surface area (TPSA) is 95.5 Å². The van der Waals surface area contributed by atoms with Gasteiger partial charge in [0.2, 0.25) is 0 Å². The van der Waals surface area contributed by atoms with E-state index in [1.807, 2.05) is 24.3 Å². The molecule has 2 amide bonds. The number of rotatable bonds is 4. The molecule has 8 nitrogen and oxygen atoms in total. The van der Waals surface area contributed by atoms with Crippen molar-refractivity contribution in [2.75, 3.05) is 26.2 Å². The Bertz CT molecular complexity index is 1310. The van der Waals surface area contributed by atoms with E-state index < -0.39 is 5.69 Å². The van der Waals surface area contributed by atoms with Crippen LogP contribution in [0.25, 0.3) is 10.9 Å². The van der Waals surface area contributed by atoms with Crippen molar-refractivity contribution in [2.45, 2.75) is 33.2 Å². The zero-order valence-electron chi connectivity index (χ0n) is 19.1. The number of carbonyl (C=O) groups excluding carboxylic acids is 2. The molecule has 33 heavy (non-hydrogen) atoms. The number of nitrogens with one attached hydrogen (secondary N) is 1. The molecule has 4 rings (SSSR count). The highest BCUT2D eigenvalue weighted by Gasteiger charge is 2.26. The van der Waals surface area contributed by atoms with Gasteiger partial charge in [-0.2, -0.15) is 0 Å². The number of nitrogens with zero attached hydrogens (tertiary/aromatic N) is 3. The summed E-state index contributed by atoms with van der Waals surface area (Å²) in [4.78, 5) is 56.6. The Hall–Kier alpha value is -3.68. The second-order valence-corrected chi connectivity index (χ2v) is 8.60. The monoisotopic (exact) mass is 448 g/mol. The van der Waals surface area contributed by atoms with Gasteiger partial charge in [-0.25, -0.2) is 4.79 Å². The average Bonchev–Trinajstić information content (AvgIpc) is 2.83. The normalized spacial score (nSPS) is 14.2. The van der Waals surface area contributed by atoms with Gasteiger partial charge in [0, 0.05) is 43.9 Å². The maximum absolute atomic E-state index is 13.0. The highest BCUT2D eigenvalue weighted by Crippen LogP contribution is 2.17. The van der Waals surface area contributed by atoms with E-state index in [9.17, 15) is 19.2 Å². The van der Waals surface area contributed by atoms with Gasteiger partial charge in [0.05, 0.1) is 10.9 Å². The highest BCUT2D eigenvalue weighted by atomic mass is 16.2. The third-order valence-corrected chi connectivity index (χ3v) is 6.22. The molecule has 1 aromatic heterocycles. The van der Waals surface area contributed by atoms with Crippen molar-refractivity contribution in [3.05, 3.63) is 80.0 Å². The van der Waals surface area contributed by atoms with Crippen LogP contribution in [-0.2, 0) is 6.54 Å². The first-order chi connectivity index (χ1) is 15.8. The minimum atomic E-state index is -0.492. The molecule has 8 heteroatoms. The zero-order valence-corrected chi connectivity index (χ0v) is 19.1. The quantitative estimate of drug-likeness (QED) is 0.663. The molecule has 1 fully saturated rings. The number of aromatic amines is 1. The van der Waals surface area contributed by atoms with E-state index in [4.69, 9.17) is 0 Å². The molecule has 0 atom stereocenters. The van der Waals surface area contributed by atoms with Crippen molar-refractivity contribution in [2.24, 2.45) is 0 Å². The second kappa shape index (κ2) is 9.05. The van der Waals surface area contributed by atoms with Crippen molar-refractivity contribution < 1.29 is 9.59 Å². The smallest absolute Gasteiger partial charge is 0.328 e. The number of aromatic nitrogens is 2. The summed E-state index contributed by atoms with van der Waals surface area (Å²) in [5.74, 6) is 0.183. The molecule has 0 aliphatic carbocycles. The molecule has 3 aromatic rings. The molecular weight excluding hydrogens is 420 g/mol. The number of benzene rings is 2. The summed E-state index contributed by atoms with van der Waals surface area (Å²) in [7, 11) is 0. The standard InChI is InChI=1S/C25H28N4O4/c1-4-29-24(32)20-10-9-19(15-21(20)26-25(29)33)23(31)28-13-11-27(12-14-28)22(30)18-7-5-17(6-8-18)16(2)3/h5-10,15-16H,4,11-14H2,1-3H3,(H,26,33). The summed E-state index contributed by atoms with van der Waals surface area (Å²) in [6.07, 6.45) is 0. The molecule has 0 unspecified atom stereocenters. The molecule has 0 saturated carbocycles. The van der Waals surface area contributed by atoms with E-state index in [1.165, 1.54) is 5.56 Å². The Morgan fingerprint density at radius 3 is 1.97 bits per heavy atom. The lowest BCUT2D eigenvalue weighted by Gasteiger charge is -2.35. The average molecular weight is 449 g/mol. The molecule has 2 heterocycles. The fourth-order valence-electron chi connectivity index (χ4n) is 4.16. The molecular formula is C25H28N4O4. The van der Waals surface area contributed by atoms with Gasteiger partial charge in [-0.15, -0.1) is 0 Å². The van der Waals surface area contributed by atoms with Crippen LogP contribution in [0.15, 0.2) is 52.1 Å². The lowest BCUT2D eigenvalue weighted by atomic mass is 10.0. The van der Waals surface area contributed by atoms with Crippen LogP contribution in [-0.4, -0.2) is 57.3 Å². The first kappa shape index (κ1) is 22.5. The minimum Gasteiger partial charge on any atom is -0.335 e. The van der Waals surface area contributed by atoms with Crippen LogP contribution in [0.3, 0.4) is 0 Å². The first-order valence-electron chi connectivity index (χ1n) is 11.3. The van der Waals surface area contributed by atoms with Gasteiger partial charge in [-0.1, -0.05) is 26.0 Å². The molecule has 1 aliphatic heterocycles. The third kappa shape index (κ3) is 4.33.